The van der Waals surface area contributed by atoms with E-state index < -0.39 is 11.4 Å². The first kappa shape index (κ1) is 33.9. The van der Waals surface area contributed by atoms with Crippen LogP contribution in [0.25, 0.3) is 22.2 Å². The summed E-state index contributed by atoms with van der Waals surface area (Å²) in [5.74, 6) is 0.748. The van der Waals surface area contributed by atoms with Gasteiger partial charge in [0.15, 0.2) is 0 Å². The van der Waals surface area contributed by atoms with Crippen LogP contribution in [0.2, 0.25) is 5.02 Å². The third-order valence-electron chi connectivity index (χ3n) is 9.16. The number of benzene rings is 2. The molecule has 2 aliphatic rings. The second-order valence-corrected chi connectivity index (χ2v) is 13.4. The molecule has 2 aliphatic heterocycles. The van der Waals surface area contributed by atoms with E-state index in [4.69, 9.17) is 25.8 Å². The molecular weight excluding hydrogens is 646 g/mol. The first-order chi connectivity index (χ1) is 23.5. The molecule has 254 valence electrons. The number of amides is 1. The Bertz CT molecular complexity index is 2060. The topological polar surface area (TPSA) is 144 Å². The van der Waals surface area contributed by atoms with Crippen LogP contribution in [0.4, 0.5) is 11.6 Å². The van der Waals surface area contributed by atoms with Crippen LogP contribution in [0.1, 0.15) is 19.4 Å². The summed E-state index contributed by atoms with van der Waals surface area (Å²) in [6.07, 6.45) is 3.82. The molecule has 0 atom stereocenters. The highest BCUT2D eigenvalue weighted by molar-refractivity contribution is 6.35. The predicted molar refractivity (Wildman–Crippen MR) is 188 cm³/mol. The Hall–Kier alpha value is -4.96. The van der Waals surface area contributed by atoms with Crippen molar-refractivity contribution in [3.8, 4) is 28.7 Å². The Kier molecular flexibility index (Phi) is 9.35. The molecule has 2 fully saturated rings. The van der Waals surface area contributed by atoms with E-state index >= 15 is 0 Å². The Morgan fingerprint density at radius 2 is 1.94 bits per heavy atom. The lowest BCUT2D eigenvalue weighted by molar-refractivity contribution is -0.204. The number of rotatable bonds is 11. The lowest BCUT2D eigenvalue weighted by Gasteiger charge is -2.59. The molecular formula is C36H38ClN7O5. The van der Waals surface area contributed by atoms with Crippen LogP contribution < -0.4 is 25.7 Å². The van der Waals surface area contributed by atoms with Crippen molar-refractivity contribution in [2.45, 2.75) is 32.4 Å². The standard InChI is InChI=1S/C36H38ClN7O5/c1-35(2,43-18-36(19-43)20-49-21-36)15-24(16-38)32(45)41-25-8-6-7-22(11-25)9-10-44-31-23(17-40-34(39-3)42-31)12-28(33(44)46)27-13-26(47-4)14-29(48-5)30(27)37/h6-8,11-15,17H,9-10,18-21H2,1-5H3,(H,41,45)(H,39,40,42)/b24-15+. The molecule has 2 N–H and O–H groups in total. The van der Waals surface area contributed by atoms with Crippen molar-refractivity contribution in [2.24, 2.45) is 5.41 Å². The number of carbonyl (C=O) groups excluding carboxylic acids is 1. The molecule has 12 nitrogen and oxygen atoms in total. The van der Waals surface area contributed by atoms with Gasteiger partial charge in [-0.1, -0.05) is 23.7 Å². The molecule has 6 rings (SSSR count). The number of pyridine rings is 1. The normalized spacial score (nSPS) is 15.7. The zero-order valence-electron chi connectivity index (χ0n) is 28.1. The Morgan fingerprint density at radius 1 is 1.16 bits per heavy atom. The minimum absolute atomic E-state index is 0.0453. The first-order valence-electron chi connectivity index (χ1n) is 15.9. The number of aryl methyl sites for hydroxylation is 2. The molecule has 0 unspecified atom stereocenters. The van der Waals surface area contributed by atoms with Gasteiger partial charge < -0.3 is 24.8 Å². The van der Waals surface area contributed by atoms with E-state index in [2.05, 4.69) is 31.6 Å². The van der Waals surface area contributed by atoms with Crippen LogP contribution in [-0.2, 0) is 22.5 Å². The van der Waals surface area contributed by atoms with Crippen LogP contribution in [-0.4, -0.2) is 78.5 Å². The van der Waals surface area contributed by atoms with Crippen LogP contribution in [0, 0.1) is 16.7 Å². The van der Waals surface area contributed by atoms with Gasteiger partial charge in [0, 0.05) is 72.1 Å². The fraction of sp³-hybridized carbons (Fsp3) is 0.361. The molecule has 13 heteroatoms. The lowest BCUT2D eigenvalue weighted by atomic mass is 9.75. The van der Waals surface area contributed by atoms with Gasteiger partial charge in [-0.15, -0.1) is 0 Å². The summed E-state index contributed by atoms with van der Waals surface area (Å²) < 4.78 is 17.9. The van der Waals surface area contributed by atoms with Gasteiger partial charge in [-0.2, -0.15) is 10.2 Å². The van der Waals surface area contributed by atoms with E-state index in [9.17, 15) is 14.9 Å². The highest BCUT2D eigenvalue weighted by Gasteiger charge is 2.52. The van der Waals surface area contributed by atoms with Crippen LogP contribution in [0.5, 0.6) is 11.5 Å². The number of anilines is 2. The number of halogens is 1. The fourth-order valence-corrected chi connectivity index (χ4v) is 6.58. The highest BCUT2D eigenvalue weighted by Crippen LogP contribution is 2.42. The molecule has 4 aromatic rings. The maximum Gasteiger partial charge on any atom is 0.266 e. The molecule has 2 aromatic heterocycles. The van der Waals surface area contributed by atoms with Gasteiger partial charge in [-0.25, -0.2) is 4.98 Å². The van der Waals surface area contributed by atoms with Crippen molar-refractivity contribution in [3.05, 3.63) is 81.3 Å². The monoisotopic (exact) mass is 683 g/mol. The summed E-state index contributed by atoms with van der Waals surface area (Å²) in [5, 5.41) is 16.6. The average molecular weight is 684 g/mol. The van der Waals surface area contributed by atoms with Gasteiger partial charge in [0.25, 0.3) is 11.5 Å². The van der Waals surface area contributed by atoms with Crippen molar-refractivity contribution in [1.29, 1.82) is 5.26 Å². The summed E-state index contributed by atoms with van der Waals surface area (Å²) in [4.78, 5) is 38.6. The maximum atomic E-state index is 14.2. The summed E-state index contributed by atoms with van der Waals surface area (Å²) in [6, 6.07) is 14.5. The third kappa shape index (κ3) is 6.70. The van der Waals surface area contributed by atoms with Gasteiger partial charge in [-0.05, 0) is 56.2 Å². The van der Waals surface area contributed by atoms with E-state index in [0.29, 0.717) is 51.7 Å². The quantitative estimate of drug-likeness (QED) is 0.165. The van der Waals surface area contributed by atoms with E-state index in [-0.39, 0.29) is 28.1 Å². The Morgan fingerprint density at radius 3 is 2.59 bits per heavy atom. The maximum absolute atomic E-state index is 14.2. The van der Waals surface area contributed by atoms with Crippen molar-refractivity contribution in [2.75, 3.05) is 58.2 Å². The summed E-state index contributed by atoms with van der Waals surface area (Å²) in [7, 11) is 4.73. The number of ether oxygens (including phenoxy) is 3. The molecule has 0 bridgehead atoms. The number of nitrogens with one attached hydrogen (secondary N) is 2. The fourth-order valence-electron chi connectivity index (χ4n) is 6.30. The number of methoxy groups -OCH3 is 2. The largest absolute Gasteiger partial charge is 0.497 e. The van der Waals surface area contributed by atoms with Crippen LogP contribution >= 0.6 is 11.6 Å². The van der Waals surface area contributed by atoms with Crippen LogP contribution in [0.15, 0.2) is 65.1 Å². The summed E-state index contributed by atoms with van der Waals surface area (Å²) in [6.45, 7) is 7.56. The molecule has 0 saturated carbocycles. The van der Waals surface area contributed by atoms with Crippen molar-refractivity contribution in [1.82, 2.24) is 19.4 Å². The van der Waals surface area contributed by atoms with Crippen molar-refractivity contribution in [3.63, 3.8) is 0 Å². The molecule has 0 radical (unpaired) electrons. The van der Waals surface area contributed by atoms with Crippen molar-refractivity contribution >= 4 is 40.2 Å². The molecule has 4 heterocycles. The second-order valence-electron chi connectivity index (χ2n) is 13.0. The molecule has 1 spiro atoms. The number of nitriles is 1. The van der Waals surface area contributed by atoms with E-state index in [1.54, 1.807) is 48.2 Å². The number of aromatic nitrogens is 3. The summed E-state index contributed by atoms with van der Waals surface area (Å²) in [5.41, 5.74) is 2.14. The third-order valence-corrected chi connectivity index (χ3v) is 9.55. The van der Waals surface area contributed by atoms with Crippen LogP contribution in [0.3, 0.4) is 0 Å². The smallest absolute Gasteiger partial charge is 0.266 e. The van der Waals surface area contributed by atoms with Gasteiger partial charge >= 0.3 is 0 Å². The lowest BCUT2D eigenvalue weighted by Crippen LogP contribution is -2.70. The number of hydrogen-bond acceptors (Lipinski definition) is 10. The van der Waals surface area contributed by atoms with Gasteiger partial charge in [0.05, 0.1) is 32.5 Å². The zero-order chi connectivity index (χ0) is 34.9. The number of nitrogens with zero attached hydrogens (tertiary/aromatic N) is 5. The molecule has 49 heavy (non-hydrogen) atoms. The Labute approximate surface area is 289 Å². The van der Waals surface area contributed by atoms with E-state index in [0.717, 1.165) is 31.9 Å². The molecule has 2 aromatic carbocycles. The number of likely N-dealkylation sites (tertiary alicyclic amines) is 1. The van der Waals surface area contributed by atoms with E-state index in [1.807, 2.05) is 32.0 Å². The summed E-state index contributed by atoms with van der Waals surface area (Å²) >= 11 is 6.71. The molecule has 0 aliphatic carbocycles. The minimum Gasteiger partial charge on any atom is -0.497 e. The van der Waals surface area contributed by atoms with Gasteiger partial charge in [0.2, 0.25) is 5.95 Å². The zero-order valence-corrected chi connectivity index (χ0v) is 28.8. The number of carbonyl (C=O) groups is 1. The SMILES string of the molecule is CNc1ncc2cc(-c3cc(OC)cc(OC)c3Cl)c(=O)n(CCc3cccc(NC(=O)/C(C#N)=C/C(C)(C)N4CC5(COC5)C4)c3)c2n1. The number of hydrogen-bond donors (Lipinski definition) is 2. The highest BCUT2D eigenvalue weighted by atomic mass is 35.5. The Balaban J connectivity index is 1.26. The second kappa shape index (κ2) is 13.5. The van der Waals surface area contributed by atoms with Gasteiger partial charge in [0.1, 0.15) is 28.8 Å². The minimum atomic E-state index is -0.480. The molecule has 2 saturated heterocycles. The van der Waals surface area contributed by atoms with Gasteiger partial charge in [-0.3, -0.25) is 19.1 Å². The average Bonchev–Trinajstić information content (AvgIpc) is 3.05. The predicted octanol–water partition coefficient (Wildman–Crippen LogP) is 4.91. The number of fused-ring (bicyclic) bond motifs is 1. The first-order valence-corrected chi connectivity index (χ1v) is 16.2. The van der Waals surface area contributed by atoms with Crippen molar-refractivity contribution < 1.29 is 19.0 Å². The molecule has 1 amide bonds. The van der Waals surface area contributed by atoms with E-state index in [1.165, 1.54) is 14.2 Å².